The zero-order valence-electron chi connectivity index (χ0n) is 11.8. The number of amides is 1. The van der Waals surface area contributed by atoms with Crippen LogP contribution >= 0.6 is 0 Å². The van der Waals surface area contributed by atoms with E-state index in [1.807, 2.05) is 23.1 Å². The van der Waals surface area contributed by atoms with Gasteiger partial charge in [-0.25, -0.2) is 0 Å². The molecule has 20 heavy (non-hydrogen) atoms. The maximum absolute atomic E-state index is 12.2. The third-order valence-electron chi connectivity index (χ3n) is 4.52. The number of nitrogens with two attached hydrogens (primary N) is 1. The molecule has 2 aliphatic rings. The Kier molecular flexibility index (Phi) is 3.81. The van der Waals surface area contributed by atoms with Crippen molar-refractivity contribution in [3.05, 3.63) is 24.3 Å². The molecule has 1 amide bonds. The van der Waals surface area contributed by atoms with Gasteiger partial charge in [0.25, 0.3) is 0 Å². The second-order valence-electron chi connectivity index (χ2n) is 5.92. The monoisotopic (exact) mass is 274 g/mol. The fraction of sp³-hybridized carbons (Fsp3) is 0.562. The Morgan fingerprint density at radius 3 is 2.75 bits per heavy atom. The number of anilines is 1. The van der Waals surface area contributed by atoms with Crippen molar-refractivity contribution < 1.29 is 9.53 Å². The number of ether oxygens (including phenoxy) is 1. The molecular formula is C16H22N2O2. The Morgan fingerprint density at radius 2 is 2.05 bits per heavy atom. The molecule has 108 valence electrons. The van der Waals surface area contributed by atoms with Crippen molar-refractivity contribution in [3.63, 3.8) is 0 Å². The summed E-state index contributed by atoms with van der Waals surface area (Å²) in [6.07, 6.45) is 4.40. The molecule has 0 spiro atoms. The van der Waals surface area contributed by atoms with Crippen molar-refractivity contribution in [1.82, 2.24) is 4.90 Å². The minimum atomic E-state index is 0.225. The highest BCUT2D eigenvalue weighted by Crippen LogP contribution is 2.37. The highest BCUT2D eigenvalue weighted by atomic mass is 16.5. The lowest BCUT2D eigenvalue weighted by Gasteiger charge is -2.17. The van der Waals surface area contributed by atoms with Crippen LogP contribution in [0.3, 0.4) is 0 Å². The van der Waals surface area contributed by atoms with Gasteiger partial charge in [-0.3, -0.25) is 4.79 Å². The average molecular weight is 274 g/mol. The number of carbonyl (C=O) groups excluding carboxylic acids is 1. The van der Waals surface area contributed by atoms with Crippen molar-refractivity contribution in [2.75, 3.05) is 25.4 Å². The van der Waals surface area contributed by atoms with Crippen LogP contribution in [-0.2, 0) is 4.79 Å². The summed E-state index contributed by atoms with van der Waals surface area (Å²) >= 11 is 0. The van der Waals surface area contributed by atoms with Gasteiger partial charge in [-0.1, -0.05) is 12.5 Å². The van der Waals surface area contributed by atoms with E-state index in [4.69, 9.17) is 10.5 Å². The Labute approximate surface area is 119 Å². The summed E-state index contributed by atoms with van der Waals surface area (Å²) in [5, 5.41) is 0. The zero-order valence-corrected chi connectivity index (χ0v) is 11.8. The predicted octanol–water partition coefficient (Wildman–Crippen LogP) is 2.30. The van der Waals surface area contributed by atoms with E-state index in [0.717, 1.165) is 30.7 Å². The van der Waals surface area contributed by atoms with Gasteiger partial charge < -0.3 is 15.4 Å². The van der Waals surface area contributed by atoms with Crippen LogP contribution < -0.4 is 10.5 Å². The predicted molar refractivity (Wildman–Crippen MR) is 78.4 cm³/mol. The number of likely N-dealkylation sites (tertiary alicyclic amines) is 1. The van der Waals surface area contributed by atoms with E-state index in [0.29, 0.717) is 18.7 Å². The first kappa shape index (κ1) is 13.3. The summed E-state index contributed by atoms with van der Waals surface area (Å²) in [4.78, 5) is 14.2. The van der Waals surface area contributed by atoms with E-state index in [-0.39, 0.29) is 5.91 Å². The molecule has 2 atom stereocenters. The van der Waals surface area contributed by atoms with Crippen LogP contribution in [0.1, 0.15) is 25.7 Å². The van der Waals surface area contributed by atoms with E-state index >= 15 is 0 Å². The number of carbonyl (C=O) groups is 1. The van der Waals surface area contributed by atoms with Gasteiger partial charge in [-0.2, -0.15) is 0 Å². The van der Waals surface area contributed by atoms with Gasteiger partial charge in [0.15, 0.2) is 0 Å². The van der Waals surface area contributed by atoms with Crippen LogP contribution in [0.5, 0.6) is 5.75 Å². The first-order valence-corrected chi connectivity index (χ1v) is 7.48. The van der Waals surface area contributed by atoms with Gasteiger partial charge in [0.1, 0.15) is 5.75 Å². The summed E-state index contributed by atoms with van der Waals surface area (Å²) in [6, 6.07) is 7.32. The van der Waals surface area contributed by atoms with Crippen LogP contribution in [0.4, 0.5) is 5.69 Å². The molecule has 4 heteroatoms. The molecular weight excluding hydrogens is 252 g/mol. The number of nitrogen functional groups attached to an aromatic ring is 1. The van der Waals surface area contributed by atoms with Gasteiger partial charge in [-0.15, -0.1) is 0 Å². The maximum Gasteiger partial charge on any atom is 0.226 e. The topological polar surface area (TPSA) is 55.6 Å². The Hall–Kier alpha value is -1.71. The van der Waals surface area contributed by atoms with Crippen LogP contribution in [0.2, 0.25) is 0 Å². The minimum absolute atomic E-state index is 0.225. The number of benzene rings is 1. The molecule has 4 nitrogen and oxygen atoms in total. The van der Waals surface area contributed by atoms with E-state index in [1.165, 1.54) is 19.3 Å². The molecule has 1 aromatic rings. The molecule has 0 radical (unpaired) electrons. The molecule has 0 aromatic heterocycles. The van der Waals surface area contributed by atoms with Gasteiger partial charge in [0.2, 0.25) is 5.91 Å². The minimum Gasteiger partial charge on any atom is -0.493 e. The summed E-state index contributed by atoms with van der Waals surface area (Å²) < 4.78 is 5.58. The fourth-order valence-corrected chi connectivity index (χ4v) is 3.46. The van der Waals surface area contributed by atoms with E-state index in [2.05, 4.69) is 0 Å². The molecule has 1 aliphatic carbocycles. The summed E-state index contributed by atoms with van der Waals surface area (Å²) in [5.74, 6) is 2.47. The molecule has 1 saturated carbocycles. The first-order chi connectivity index (χ1) is 9.72. The summed E-state index contributed by atoms with van der Waals surface area (Å²) in [5.41, 5.74) is 6.37. The number of fused-ring (bicyclic) bond motifs is 1. The molecule has 1 aliphatic heterocycles. The third-order valence-corrected chi connectivity index (χ3v) is 4.52. The fourth-order valence-electron chi connectivity index (χ4n) is 3.46. The first-order valence-electron chi connectivity index (χ1n) is 7.48. The van der Waals surface area contributed by atoms with E-state index in [1.54, 1.807) is 6.07 Å². The second kappa shape index (κ2) is 5.73. The zero-order chi connectivity index (χ0) is 13.9. The van der Waals surface area contributed by atoms with Crippen molar-refractivity contribution in [1.29, 1.82) is 0 Å². The molecule has 2 unspecified atom stereocenters. The lowest BCUT2D eigenvalue weighted by atomic mass is 10.0. The molecule has 3 rings (SSSR count). The SMILES string of the molecule is Nc1cccc(OCCC(=O)N2CC3CCCC3C2)c1. The number of hydrogen-bond donors (Lipinski definition) is 1. The normalized spacial score (nSPS) is 24.7. The van der Waals surface area contributed by atoms with Crippen molar-refractivity contribution in [2.45, 2.75) is 25.7 Å². The highest BCUT2D eigenvalue weighted by Gasteiger charge is 2.37. The number of rotatable bonds is 4. The van der Waals surface area contributed by atoms with E-state index in [9.17, 15) is 4.79 Å². The lowest BCUT2D eigenvalue weighted by molar-refractivity contribution is -0.131. The summed E-state index contributed by atoms with van der Waals surface area (Å²) in [6.45, 7) is 2.34. The van der Waals surface area contributed by atoms with Crippen LogP contribution in [0, 0.1) is 11.8 Å². The van der Waals surface area contributed by atoms with Gasteiger partial charge in [0, 0.05) is 24.8 Å². The highest BCUT2D eigenvalue weighted by molar-refractivity contribution is 5.76. The Bertz CT molecular complexity index is 477. The number of nitrogens with zero attached hydrogens (tertiary/aromatic N) is 1. The smallest absolute Gasteiger partial charge is 0.226 e. The van der Waals surface area contributed by atoms with Crippen molar-refractivity contribution >= 4 is 11.6 Å². The standard InChI is InChI=1S/C16H22N2O2/c17-14-5-2-6-15(9-14)20-8-7-16(19)18-10-12-3-1-4-13(12)11-18/h2,5-6,9,12-13H,1,3-4,7-8,10-11,17H2. The second-order valence-corrected chi connectivity index (χ2v) is 5.92. The quantitative estimate of drug-likeness (QED) is 0.857. The van der Waals surface area contributed by atoms with Gasteiger partial charge in [-0.05, 0) is 36.8 Å². The molecule has 0 bridgehead atoms. The van der Waals surface area contributed by atoms with Crippen LogP contribution in [0.15, 0.2) is 24.3 Å². The Balaban J connectivity index is 1.43. The molecule has 1 aromatic carbocycles. The number of hydrogen-bond acceptors (Lipinski definition) is 3. The maximum atomic E-state index is 12.2. The van der Waals surface area contributed by atoms with Crippen molar-refractivity contribution in [2.24, 2.45) is 11.8 Å². The molecule has 1 heterocycles. The van der Waals surface area contributed by atoms with Crippen LogP contribution in [0.25, 0.3) is 0 Å². The van der Waals surface area contributed by atoms with Crippen LogP contribution in [-0.4, -0.2) is 30.5 Å². The van der Waals surface area contributed by atoms with Gasteiger partial charge in [0.05, 0.1) is 13.0 Å². The average Bonchev–Trinajstić information content (AvgIpc) is 2.99. The molecule has 2 N–H and O–H groups in total. The molecule has 2 fully saturated rings. The van der Waals surface area contributed by atoms with E-state index < -0.39 is 0 Å². The molecule has 1 saturated heterocycles. The lowest BCUT2D eigenvalue weighted by Crippen LogP contribution is -2.30. The van der Waals surface area contributed by atoms with Crippen molar-refractivity contribution in [3.8, 4) is 5.75 Å². The van der Waals surface area contributed by atoms with Gasteiger partial charge >= 0.3 is 0 Å². The summed E-state index contributed by atoms with van der Waals surface area (Å²) in [7, 11) is 0. The largest absolute Gasteiger partial charge is 0.493 e. The Morgan fingerprint density at radius 1 is 1.30 bits per heavy atom. The third kappa shape index (κ3) is 2.89.